The third-order valence-corrected chi connectivity index (χ3v) is 4.45. The van der Waals surface area contributed by atoms with Gasteiger partial charge in [0.15, 0.2) is 0 Å². The number of hydrogen-bond acceptors (Lipinski definition) is 1. The van der Waals surface area contributed by atoms with Crippen LogP contribution in [0.3, 0.4) is 0 Å². The maximum atomic E-state index is 3.93. The normalized spacial score (nSPS) is 33.2. The van der Waals surface area contributed by atoms with E-state index < -0.39 is 0 Å². The molecule has 0 radical (unpaired) electrons. The number of allylic oxidation sites excluding steroid dienone is 1. The molecule has 0 bridgehead atoms. The molecule has 0 N–H and O–H groups in total. The SMILES string of the molecule is C=CCC1CCCCC1N1CCCCCC1. The Morgan fingerprint density at radius 3 is 2.31 bits per heavy atom. The molecule has 1 heterocycles. The third kappa shape index (κ3) is 3.10. The topological polar surface area (TPSA) is 3.24 Å². The molecule has 0 amide bonds. The molecule has 0 aromatic carbocycles. The maximum absolute atomic E-state index is 3.93. The van der Waals surface area contributed by atoms with Crippen molar-refractivity contribution in [1.82, 2.24) is 4.90 Å². The highest BCUT2D eigenvalue weighted by atomic mass is 15.2. The smallest absolute Gasteiger partial charge is 0.0126 e. The molecule has 1 aliphatic heterocycles. The summed E-state index contributed by atoms with van der Waals surface area (Å²) in [5, 5.41) is 0. The second kappa shape index (κ2) is 6.44. The number of rotatable bonds is 3. The Morgan fingerprint density at radius 2 is 1.62 bits per heavy atom. The molecule has 1 nitrogen and oxygen atoms in total. The van der Waals surface area contributed by atoms with Crippen molar-refractivity contribution in [2.75, 3.05) is 13.1 Å². The predicted octanol–water partition coefficient (Wildman–Crippen LogP) is 4.00. The molecular weight excluding hydrogens is 194 g/mol. The highest BCUT2D eigenvalue weighted by Crippen LogP contribution is 2.32. The second-order valence-corrected chi connectivity index (χ2v) is 5.59. The van der Waals surface area contributed by atoms with Crippen molar-refractivity contribution in [2.45, 2.75) is 63.8 Å². The van der Waals surface area contributed by atoms with Crippen LogP contribution >= 0.6 is 0 Å². The van der Waals surface area contributed by atoms with Crippen LogP contribution in [0.2, 0.25) is 0 Å². The molecule has 1 heteroatoms. The van der Waals surface area contributed by atoms with Gasteiger partial charge in [-0.3, -0.25) is 0 Å². The zero-order chi connectivity index (χ0) is 11.2. The van der Waals surface area contributed by atoms with Gasteiger partial charge in [-0.25, -0.2) is 0 Å². The van der Waals surface area contributed by atoms with Gasteiger partial charge in [-0.1, -0.05) is 31.8 Å². The fourth-order valence-corrected chi connectivity index (χ4v) is 3.58. The quantitative estimate of drug-likeness (QED) is 0.651. The third-order valence-electron chi connectivity index (χ3n) is 4.45. The van der Waals surface area contributed by atoms with Crippen LogP contribution in [0.1, 0.15) is 57.8 Å². The van der Waals surface area contributed by atoms with Gasteiger partial charge in [0, 0.05) is 6.04 Å². The Kier molecular flexibility index (Phi) is 4.90. The van der Waals surface area contributed by atoms with Crippen molar-refractivity contribution in [1.29, 1.82) is 0 Å². The predicted molar refractivity (Wildman–Crippen MR) is 70.6 cm³/mol. The Hall–Kier alpha value is -0.300. The summed E-state index contributed by atoms with van der Waals surface area (Å²) in [5.41, 5.74) is 0. The van der Waals surface area contributed by atoms with Crippen molar-refractivity contribution in [3.63, 3.8) is 0 Å². The van der Waals surface area contributed by atoms with E-state index in [1.54, 1.807) is 0 Å². The molecule has 2 atom stereocenters. The average molecular weight is 221 g/mol. The average Bonchev–Trinajstić information content (AvgIpc) is 2.59. The zero-order valence-electron chi connectivity index (χ0n) is 10.7. The van der Waals surface area contributed by atoms with Crippen LogP contribution in [0.5, 0.6) is 0 Å². The van der Waals surface area contributed by atoms with E-state index in [0.717, 1.165) is 12.0 Å². The van der Waals surface area contributed by atoms with Crippen LogP contribution in [0.25, 0.3) is 0 Å². The van der Waals surface area contributed by atoms with Gasteiger partial charge in [-0.05, 0) is 51.1 Å². The summed E-state index contributed by atoms with van der Waals surface area (Å²) in [7, 11) is 0. The van der Waals surface area contributed by atoms with E-state index in [1.165, 1.54) is 70.9 Å². The van der Waals surface area contributed by atoms with Gasteiger partial charge in [0.05, 0.1) is 0 Å². The minimum Gasteiger partial charge on any atom is -0.300 e. The Morgan fingerprint density at radius 1 is 0.938 bits per heavy atom. The number of nitrogens with zero attached hydrogens (tertiary/aromatic N) is 1. The van der Waals surface area contributed by atoms with Crippen LogP contribution in [-0.4, -0.2) is 24.0 Å². The lowest BCUT2D eigenvalue weighted by molar-refractivity contribution is 0.108. The number of hydrogen-bond donors (Lipinski definition) is 0. The molecule has 2 rings (SSSR count). The first-order chi connectivity index (χ1) is 7.92. The summed E-state index contributed by atoms with van der Waals surface area (Å²) >= 11 is 0. The van der Waals surface area contributed by atoms with E-state index in [4.69, 9.17) is 0 Å². The van der Waals surface area contributed by atoms with E-state index in [2.05, 4.69) is 17.6 Å². The Labute approximate surface area is 101 Å². The molecule has 0 aromatic heterocycles. The molecule has 92 valence electrons. The lowest BCUT2D eigenvalue weighted by Crippen LogP contribution is -2.42. The lowest BCUT2D eigenvalue weighted by atomic mass is 9.81. The molecule has 16 heavy (non-hydrogen) atoms. The highest BCUT2D eigenvalue weighted by Gasteiger charge is 2.29. The van der Waals surface area contributed by atoms with E-state index in [1.807, 2.05) is 0 Å². The van der Waals surface area contributed by atoms with Crippen molar-refractivity contribution < 1.29 is 0 Å². The summed E-state index contributed by atoms with van der Waals surface area (Å²) in [6.07, 6.45) is 14.9. The van der Waals surface area contributed by atoms with Crippen LogP contribution in [0.15, 0.2) is 12.7 Å². The molecule has 1 saturated carbocycles. The van der Waals surface area contributed by atoms with E-state index in [9.17, 15) is 0 Å². The molecule has 0 spiro atoms. The minimum atomic E-state index is 0.879. The summed E-state index contributed by atoms with van der Waals surface area (Å²) in [4.78, 5) is 2.81. The first kappa shape index (κ1) is 12.2. The molecule has 2 aliphatic rings. The van der Waals surface area contributed by atoms with E-state index in [0.29, 0.717) is 0 Å². The van der Waals surface area contributed by atoms with Gasteiger partial charge in [0.2, 0.25) is 0 Å². The number of likely N-dealkylation sites (tertiary alicyclic amines) is 1. The van der Waals surface area contributed by atoms with Crippen LogP contribution < -0.4 is 0 Å². The summed E-state index contributed by atoms with van der Waals surface area (Å²) in [6.45, 7) is 6.65. The first-order valence-corrected chi connectivity index (χ1v) is 7.27. The van der Waals surface area contributed by atoms with Gasteiger partial charge < -0.3 is 4.90 Å². The fourth-order valence-electron chi connectivity index (χ4n) is 3.58. The highest BCUT2D eigenvalue weighted by molar-refractivity contribution is 4.88. The molecule has 0 aromatic rings. The zero-order valence-corrected chi connectivity index (χ0v) is 10.7. The molecule has 1 aliphatic carbocycles. The Bertz CT molecular complexity index is 203. The van der Waals surface area contributed by atoms with Crippen molar-refractivity contribution in [3.8, 4) is 0 Å². The van der Waals surface area contributed by atoms with Crippen molar-refractivity contribution in [2.24, 2.45) is 5.92 Å². The van der Waals surface area contributed by atoms with Gasteiger partial charge >= 0.3 is 0 Å². The van der Waals surface area contributed by atoms with Crippen LogP contribution in [-0.2, 0) is 0 Å². The maximum Gasteiger partial charge on any atom is 0.0126 e. The largest absolute Gasteiger partial charge is 0.300 e. The van der Waals surface area contributed by atoms with Gasteiger partial charge in [-0.2, -0.15) is 0 Å². The monoisotopic (exact) mass is 221 g/mol. The van der Waals surface area contributed by atoms with Crippen LogP contribution in [0, 0.1) is 5.92 Å². The molecule has 2 fully saturated rings. The standard InChI is InChI=1S/C15H27N/c1-2-9-14-10-5-6-11-15(14)16-12-7-3-4-8-13-16/h2,14-15H,1,3-13H2. The van der Waals surface area contributed by atoms with Crippen LogP contribution in [0.4, 0.5) is 0 Å². The summed E-state index contributed by atoms with van der Waals surface area (Å²) in [6, 6.07) is 0.879. The summed E-state index contributed by atoms with van der Waals surface area (Å²) in [5.74, 6) is 0.907. The van der Waals surface area contributed by atoms with Crippen molar-refractivity contribution >= 4 is 0 Å². The van der Waals surface area contributed by atoms with Gasteiger partial charge in [0.25, 0.3) is 0 Å². The van der Waals surface area contributed by atoms with E-state index >= 15 is 0 Å². The van der Waals surface area contributed by atoms with Gasteiger partial charge in [-0.15, -0.1) is 6.58 Å². The van der Waals surface area contributed by atoms with Crippen molar-refractivity contribution in [3.05, 3.63) is 12.7 Å². The molecule has 1 saturated heterocycles. The van der Waals surface area contributed by atoms with Gasteiger partial charge in [0.1, 0.15) is 0 Å². The minimum absolute atomic E-state index is 0.879. The molecular formula is C15H27N. The fraction of sp³-hybridized carbons (Fsp3) is 0.867. The molecule has 2 unspecified atom stereocenters. The van der Waals surface area contributed by atoms with E-state index in [-0.39, 0.29) is 0 Å². The lowest BCUT2D eigenvalue weighted by Gasteiger charge is -2.39. The second-order valence-electron chi connectivity index (χ2n) is 5.59. The first-order valence-electron chi connectivity index (χ1n) is 7.27. The summed E-state index contributed by atoms with van der Waals surface area (Å²) < 4.78 is 0. The Balaban J connectivity index is 1.94.